The van der Waals surface area contributed by atoms with Gasteiger partial charge in [0.05, 0.1) is 6.10 Å². The molecule has 0 aliphatic carbocycles. The van der Waals surface area contributed by atoms with Crippen molar-refractivity contribution < 1.29 is 9.84 Å². The van der Waals surface area contributed by atoms with E-state index in [4.69, 9.17) is 4.74 Å². The standard InChI is InChI=1S/C10H20O2/c1-4-10(2,3)8-6-5-7-9(11)12-8/h8-9,11H,4-7H2,1-3H3. The van der Waals surface area contributed by atoms with Crippen LogP contribution in [0.4, 0.5) is 0 Å². The molecular formula is C10H20O2. The van der Waals surface area contributed by atoms with Crippen molar-refractivity contribution in [2.45, 2.75) is 58.8 Å². The van der Waals surface area contributed by atoms with E-state index in [0.717, 1.165) is 25.7 Å². The van der Waals surface area contributed by atoms with Crippen molar-refractivity contribution in [2.24, 2.45) is 5.41 Å². The van der Waals surface area contributed by atoms with Crippen LogP contribution in [0.25, 0.3) is 0 Å². The monoisotopic (exact) mass is 172 g/mol. The Kier molecular flexibility index (Phi) is 3.13. The van der Waals surface area contributed by atoms with E-state index in [1.807, 2.05) is 0 Å². The Bertz CT molecular complexity index is 143. The molecule has 0 saturated carbocycles. The third kappa shape index (κ3) is 2.20. The van der Waals surface area contributed by atoms with Crippen LogP contribution in [0.5, 0.6) is 0 Å². The molecule has 1 N–H and O–H groups in total. The minimum Gasteiger partial charge on any atom is -0.368 e. The molecule has 0 aromatic rings. The summed E-state index contributed by atoms with van der Waals surface area (Å²) in [6.45, 7) is 6.58. The smallest absolute Gasteiger partial charge is 0.154 e. The van der Waals surface area contributed by atoms with Gasteiger partial charge in [-0.25, -0.2) is 0 Å². The summed E-state index contributed by atoms with van der Waals surface area (Å²) < 4.78 is 5.50. The topological polar surface area (TPSA) is 29.5 Å². The highest BCUT2D eigenvalue weighted by Crippen LogP contribution is 2.34. The van der Waals surface area contributed by atoms with Gasteiger partial charge >= 0.3 is 0 Å². The van der Waals surface area contributed by atoms with Gasteiger partial charge in [0.25, 0.3) is 0 Å². The first-order chi connectivity index (χ1) is 5.56. The van der Waals surface area contributed by atoms with Gasteiger partial charge in [-0.2, -0.15) is 0 Å². The molecule has 72 valence electrons. The molecule has 1 fully saturated rings. The number of aliphatic hydroxyl groups excluding tert-OH is 1. The molecule has 2 unspecified atom stereocenters. The molecule has 2 heteroatoms. The van der Waals surface area contributed by atoms with Gasteiger partial charge in [0.1, 0.15) is 0 Å². The van der Waals surface area contributed by atoms with Crippen LogP contribution >= 0.6 is 0 Å². The quantitative estimate of drug-likeness (QED) is 0.692. The predicted molar refractivity (Wildman–Crippen MR) is 48.8 cm³/mol. The van der Waals surface area contributed by atoms with Crippen molar-refractivity contribution in [1.82, 2.24) is 0 Å². The summed E-state index contributed by atoms with van der Waals surface area (Å²) in [6, 6.07) is 0. The van der Waals surface area contributed by atoms with Gasteiger partial charge in [-0.3, -0.25) is 0 Å². The second-order valence-corrected chi connectivity index (χ2v) is 4.35. The fourth-order valence-corrected chi connectivity index (χ4v) is 1.61. The number of rotatable bonds is 2. The van der Waals surface area contributed by atoms with Crippen molar-refractivity contribution >= 4 is 0 Å². The fraction of sp³-hybridized carbons (Fsp3) is 1.00. The van der Waals surface area contributed by atoms with Gasteiger partial charge < -0.3 is 9.84 Å². The Hall–Kier alpha value is -0.0800. The second kappa shape index (κ2) is 3.75. The molecule has 0 aromatic heterocycles. The van der Waals surface area contributed by atoms with Crippen LogP contribution in [0.15, 0.2) is 0 Å². The summed E-state index contributed by atoms with van der Waals surface area (Å²) >= 11 is 0. The minimum absolute atomic E-state index is 0.210. The van der Waals surface area contributed by atoms with Gasteiger partial charge in [0.15, 0.2) is 6.29 Å². The lowest BCUT2D eigenvalue weighted by atomic mass is 9.80. The van der Waals surface area contributed by atoms with Crippen molar-refractivity contribution in [3.8, 4) is 0 Å². The van der Waals surface area contributed by atoms with Crippen LogP contribution in [-0.4, -0.2) is 17.5 Å². The lowest BCUT2D eigenvalue weighted by Crippen LogP contribution is -2.38. The number of hydrogen-bond donors (Lipinski definition) is 1. The van der Waals surface area contributed by atoms with Crippen LogP contribution in [0.1, 0.15) is 46.5 Å². The zero-order chi connectivity index (χ0) is 9.19. The first kappa shape index (κ1) is 10.0. The maximum atomic E-state index is 9.32. The van der Waals surface area contributed by atoms with Crippen molar-refractivity contribution in [3.05, 3.63) is 0 Å². The third-order valence-corrected chi connectivity index (χ3v) is 3.02. The molecule has 0 aromatic carbocycles. The molecule has 1 heterocycles. The van der Waals surface area contributed by atoms with Crippen LogP contribution in [0, 0.1) is 5.41 Å². The van der Waals surface area contributed by atoms with E-state index in [-0.39, 0.29) is 11.5 Å². The van der Waals surface area contributed by atoms with E-state index in [9.17, 15) is 5.11 Å². The molecule has 0 spiro atoms. The van der Waals surface area contributed by atoms with Gasteiger partial charge in [-0.05, 0) is 31.1 Å². The highest BCUT2D eigenvalue weighted by Gasteiger charge is 2.32. The molecule has 12 heavy (non-hydrogen) atoms. The van der Waals surface area contributed by atoms with Crippen molar-refractivity contribution in [3.63, 3.8) is 0 Å². The molecule has 0 amide bonds. The number of aliphatic hydroxyl groups is 1. The Morgan fingerprint density at radius 1 is 1.42 bits per heavy atom. The molecule has 1 rings (SSSR count). The van der Waals surface area contributed by atoms with Gasteiger partial charge in [-0.1, -0.05) is 20.8 Å². The number of hydrogen-bond acceptors (Lipinski definition) is 2. The second-order valence-electron chi connectivity index (χ2n) is 4.35. The van der Waals surface area contributed by atoms with E-state index in [2.05, 4.69) is 20.8 Å². The molecule has 1 saturated heterocycles. The Morgan fingerprint density at radius 2 is 2.08 bits per heavy atom. The number of ether oxygens (including phenoxy) is 1. The maximum Gasteiger partial charge on any atom is 0.154 e. The summed E-state index contributed by atoms with van der Waals surface area (Å²) in [5.74, 6) is 0. The minimum atomic E-state index is -0.519. The molecule has 1 aliphatic heterocycles. The Labute approximate surface area is 74.9 Å². The lowest BCUT2D eigenvalue weighted by molar-refractivity contribution is -0.192. The molecule has 2 nitrogen and oxygen atoms in total. The Balaban J connectivity index is 2.50. The summed E-state index contributed by atoms with van der Waals surface area (Å²) in [7, 11) is 0. The van der Waals surface area contributed by atoms with Crippen LogP contribution in [0.2, 0.25) is 0 Å². The average Bonchev–Trinajstić information content (AvgIpc) is 2.05. The third-order valence-electron chi connectivity index (χ3n) is 3.02. The molecule has 0 radical (unpaired) electrons. The van der Waals surface area contributed by atoms with E-state index in [1.165, 1.54) is 0 Å². The maximum absolute atomic E-state index is 9.32. The highest BCUT2D eigenvalue weighted by molar-refractivity contribution is 4.80. The van der Waals surface area contributed by atoms with E-state index < -0.39 is 6.29 Å². The highest BCUT2D eigenvalue weighted by atomic mass is 16.6. The summed E-state index contributed by atoms with van der Waals surface area (Å²) in [5.41, 5.74) is 0.210. The van der Waals surface area contributed by atoms with Crippen molar-refractivity contribution in [2.75, 3.05) is 0 Å². The van der Waals surface area contributed by atoms with Crippen LogP contribution in [-0.2, 0) is 4.74 Å². The summed E-state index contributed by atoms with van der Waals surface area (Å²) in [4.78, 5) is 0. The van der Waals surface area contributed by atoms with E-state index in [1.54, 1.807) is 0 Å². The molecular weight excluding hydrogens is 152 g/mol. The average molecular weight is 172 g/mol. The van der Waals surface area contributed by atoms with Crippen LogP contribution < -0.4 is 0 Å². The van der Waals surface area contributed by atoms with Gasteiger partial charge in [-0.15, -0.1) is 0 Å². The van der Waals surface area contributed by atoms with Crippen LogP contribution in [0.3, 0.4) is 0 Å². The zero-order valence-electron chi connectivity index (χ0n) is 8.34. The first-order valence-electron chi connectivity index (χ1n) is 4.90. The summed E-state index contributed by atoms with van der Waals surface area (Å²) in [5, 5.41) is 9.32. The Morgan fingerprint density at radius 3 is 2.58 bits per heavy atom. The lowest BCUT2D eigenvalue weighted by Gasteiger charge is -2.37. The van der Waals surface area contributed by atoms with Gasteiger partial charge in [0, 0.05) is 0 Å². The molecule has 2 atom stereocenters. The van der Waals surface area contributed by atoms with E-state index in [0.29, 0.717) is 0 Å². The fourth-order valence-electron chi connectivity index (χ4n) is 1.61. The van der Waals surface area contributed by atoms with Gasteiger partial charge in [0.2, 0.25) is 0 Å². The molecule has 1 aliphatic rings. The SMILES string of the molecule is CCC(C)(C)C1CCCC(O)O1. The largest absolute Gasteiger partial charge is 0.368 e. The first-order valence-corrected chi connectivity index (χ1v) is 4.90. The predicted octanol–water partition coefficient (Wildman–Crippen LogP) is 2.31. The summed E-state index contributed by atoms with van der Waals surface area (Å²) in [6.07, 6.45) is 3.81. The zero-order valence-corrected chi connectivity index (χ0v) is 8.34. The van der Waals surface area contributed by atoms with E-state index >= 15 is 0 Å². The normalized spacial score (nSPS) is 32.0. The molecule has 0 bridgehead atoms. The van der Waals surface area contributed by atoms with Crippen molar-refractivity contribution in [1.29, 1.82) is 0 Å².